The molecule has 92 valence electrons. The number of nitrogens with zero attached hydrogens (tertiary/aromatic N) is 3. The smallest absolute Gasteiger partial charge is 0.0638 e. The fraction of sp³-hybridized carbons (Fsp3) is 0.750. The van der Waals surface area contributed by atoms with Crippen molar-refractivity contribution in [2.24, 2.45) is 5.73 Å². The van der Waals surface area contributed by atoms with Crippen LogP contribution in [-0.2, 0) is 13.1 Å². The molecular weight excluding hydrogens is 200 g/mol. The molecular formula is C12H24N4. The SMILES string of the molecule is CCn1cc(CN(C)CCCCN)c(C)n1. The lowest BCUT2D eigenvalue weighted by molar-refractivity contribution is 0.319. The number of unbranched alkanes of at least 4 members (excludes halogenated alkanes) is 1. The number of hydrogen-bond donors (Lipinski definition) is 1. The third-order valence-electron chi connectivity index (χ3n) is 2.81. The number of aromatic nitrogens is 2. The Morgan fingerprint density at radius 2 is 2.19 bits per heavy atom. The van der Waals surface area contributed by atoms with Gasteiger partial charge < -0.3 is 10.6 Å². The summed E-state index contributed by atoms with van der Waals surface area (Å²) >= 11 is 0. The van der Waals surface area contributed by atoms with Crippen LogP contribution in [0.5, 0.6) is 0 Å². The minimum Gasteiger partial charge on any atom is -0.330 e. The highest BCUT2D eigenvalue weighted by Crippen LogP contribution is 2.08. The zero-order chi connectivity index (χ0) is 12.0. The van der Waals surface area contributed by atoms with Crippen molar-refractivity contribution < 1.29 is 0 Å². The van der Waals surface area contributed by atoms with Crippen LogP contribution in [-0.4, -0.2) is 34.8 Å². The van der Waals surface area contributed by atoms with Crippen molar-refractivity contribution in [2.45, 2.75) is 39.8 Å². The molecule has 2 N–H and O–H groups in total. The summed E-state index contributed by atoms with van der Waals surface area (Å²) in [5.74, 6) is 0. The monoisotopic (exact) mass is 224 g/mol. The van der Waals surface area contributed by atoms with E-state index in [4.69, 9.17) is 5.73 Å². The second-order valence-electron chi connectivity index (χ2n) is 4.33. The van der Waals surface area contributed by atoms with Crippen LogP contribution in [0.3, 0.4) is 0 Å². The fourth-order valence-corrected chi connectivity index (χ4v) is 1.77. The van der Waals surface area contributed by atoms with E-state index >= 15 is 0 Å². The highest BCUT2D eigenvalue weighted by Gasteiger charge is 2.06. The van der Waals surface area contributed by atoms with E-state index in [1.165, 1.54) is 12.0 Å². The van der Waals surface area contributed by atoms with E-state index in [2.05, 4.69) is 37.1 Å². The highest BCUT2D eigenvalue weighted by molar-refractivity contribution is 5.15. The van der Waals surface area contributed by atoms with Crippen LogP contribution in [0.2, 0.25) is 0 Å². The Balaban J connectivity index is 2.42. The molecule has 0 spiro atoms. The largest absolute Gasteiger partial charge is 0.330 e. The molecule has 1 aromatic heterocycles. The van der Waals surface area contributed by atoms with E-state index in [0.29, 0.717) is 0 Å². The summed E-state index contributed by atoms with van der Waals surface area (Å²) in [7, 11) is 2.15. The summed E-state index contributed by atoms with van der Waals surface area (Å²) in [6.07, 6.45) is 4.43. The van der Waals surface area contributed by atoms with Crippen molar-refractivity contribution in [3.8, 4) is 0 Å². The lowest BCUT2D eigenvalue weighted by Crippen LogP contribution is -2.20. The third kappa shape index (κ3) is 3.94. The Morgan fingerprint density at radius 1 is 1.44 bits per heavy atom. The van der Waals surface area contributed by atoms with Gasteiger partial charge in [-0.25, -0.2) is 0 Å². The summed E-state index contributed by atoms with van der Waals surface area (Å²) < 4.78 is 2.00. The Kier molecular flexibility index (Phi) is 5.49. The van der Waals surface area contributed by atoms with Crippen LogP contribution in [0, 0.1) is 6.92 Å². The van der Waals surface area contributed by atoms with Crippen LogP contribution in [0.15, 0.2) is 6.20 Å². The Bertz CT molecular complexity index is 306. The molecule has 0 unspecified atom stereocenters. The zero-order valence-corrected chi connectivity index (χ0v) is 10.7. The Morgan fingerprint density at radius 3 is 2.75 bits per heavy atom. The molecule has 0 aliphatic heterocycles. The van der Waals surface area contributed by atoms with E-state index in [9.17, 15) is 0 Å². The molecule has 0 fully saturated rings. The molecule has 4 nitrogen and oxygen atoms in total. The quantitative estimate of drug-likeness (QED) is 0.712. The van der Waals surface area contributed by atoms with Crippen molar-refractivity contribution >= 4 is 0 Å². The van der Waals surface area contributed by atoms with E-state index in [0.717, 1.165) is 38.3 Å². The molecule has 1 rings (SSSR count). The maximum atomic E-state index is 5.48. The van der Waals surface area contributed by atoms with Crippen LogP contribution in [0.4, 0.5) is 0 Å². The first-order valence-electron chi connectivity index (χ1n) is 6.09. The van der Waals surface area contributed by atoms with Gasteiger partial charge in [-0.15, -0.1) is 0 Å². The van der Waals surface area contributed by atoms with Crippen molar-refractivity contribution in [3.63, 3.8) is 0 Å². The van der Waals surface area contributed by atoms with Crippen LogP contribution in [0.25, 0.3) is 0 Å². The molecule has 0 bridgehead atoms. The number of rotatable bonds is 7. The first kappa shape index (κ1) is 13.2. The van der Waals surface area contributed by atoms with Gasteiger partial charge in [-0.1, -0.05) is 0 Å². The molecule has 1 aromatic rings. The average Bonchev–Trinajstić information content (AvgIpc) is 2.60. The molecule has 0 amide bonds. The third-order valence-corrected chi connectivity index (χ3v) is 2.81. The van der Waals surface area contributed by atoms with Gasteiger partial charge >= 0.3 is 0 Å². The summed E-state index contributed by atoms with van der Waals surface area (Å²) in [5.41, 5.74) is 7.96. The first-order valence-corrected chi connectivity index (χ1v) is 6.09. The second kappa shape index (κ2) is 6.66. The van der Waals surface area contributed by atoms with Crippen molar-refractivity contribution in [1.29, 1.82) is 0 Å². The van der Waals surface area contributed by atoms with Crippen molar-refractivity contribution in [1.82, 2.24) is 14.7 Å². The van der Waals surface area contributed by atoms with Crippen LogP contribution < -0.4 is 5.73 Å². The minimum absolute atomic E-state index is 0.792. The van der Waals surface area contributed by atoms with Crippen LogP contribution in [0.1, 0.15) is 31.0 Å². The number of aryl methyl sites for hydroxylation is 2. The Hall–Kier alpha value is -0.870. The topological polar surface area (TPSA) is 47.1 Å². The van der Waals surface area contributed by atoms with Gasteiger partial charge in [0.1, 0.15) is 0 Å². The lowest BCUT2D eigenvalue weighted by atomic mass is 10.2. The minimum atomic E-state index is 0.792. The predicted molar refractivity (Wildman–Crippen MR) is 67.3 cm³/mol. The molecule has 16 heavy (non-hydrogen) atoms. The number of nitrogens with two attached hydrogens (primary N) is 1. The summed E-state index contributed by atoms with van der Waals surface area (Å²) in [4.78, 5) is 2.33. The average molecular weight is 224 g/mol. The standard InChI is InChI=1S/C12H24N4/c1-4-16-10-12(11(2)14-16)9-15(3)8-6-5-7-13/h10H,4-9,13H2,1-3H3. The molecule has 0 atom stereocenters. The molecule has 1 heterocycles. The van der Waals surface area contributed by atoms with Gasteiger partial charge in [0, 0.05) is 24.8 Å². The van der Waals surface area contributed by atoms with Gasteiger partial charge in [-0.2, -0.15) is 5.10 Å². The van der Waals surface area contributed by atoms with Gasteiger partial charge in [0.2, 0.25) is 0 Å². The van der Waals surface area contributed by atoms with Crippen molar-refractivity contribution in [2.75, 3.05) is 20.1 Å². The van der Waals surface area contributed by atoms with Gasteiger partial charge in [-0.3, -0.25) is 4.68 Å². The van der Waals surface area contributed by atoms with Gasteiger partial charge in [-0.05, 0) is 46.8 Å². The molecule has 0 radical (unpaired) electrons. The van der Waals surface area contributed by atoms with Gasteiger partial charge in [0.15, 0.2) is 0 Å². The molecule has 0 aliphatic rings. The van der Waals surface area contributed by atoms with Crippen molar-refractivity contribution in [3.05, 3.63) is 17.5 Å². The Labute approximate surface area is 98.4 Å². The molecule has 0 saturated heterocycles. The first-order chi connectivity index (χ1) is 7.67. The van der Waals surface area contributed by atoms with E-state index in [1.807, 2.05) is 4.68 Å². The van der Waals surface area contributed by atoms with E-state index in [-0.39, 0.29) is 0 Å². The molecule has 0 aliphatic carbocycles. The second-order valence-corrected chi connectivity index (χ2v) is 4.33. The van der Waals surface area contributed by atoms with E-state index < -0.39 is 0 Å². The fourth-order valence-electron chi connectivity index (χ4n) is 1.77. The lowest BCUT2D eigenvalue weighted by Gasteiger charge is -2.15. The molecule has 0 saturated carbocycles. The summed E-state index contributed by atoms with van der Waals surface area (Å²) in [5, 5.41) is 4.45. The maximum absolute atomic E-state index is 5.48. The summed E-state index contributed by atoms with van der Waals surface area (Å²) in [6.45, 7) is 8.01. The predicted octanol–water partition coefficient (Wildman–Crippen LogP) is 1.38. The molecule has 4 heteroatoms. The van der Waals surface area contributed by atoms with Gasteiger partial charge in [0.05, 0.1) is 5.69 Å². The van der Waals surface area contributed by atoms with E-state index in [1.54, 1.807) is 0 Å². The van der Waals surface area contributed by atoms with Gasteiger partial charge in [0.25, 0.3) is 0 Å². The maximum Gasteiger partial charge on any atom is 0.0638 e. The highest BCUT2D eigenvalue weighted by atomic mass is 15.3. The molecule has 0 aromatic carbocycles. The zero-order valence-electron chi connectivity index (χ0n) is 10.7. The summed E-state index contributed by atoms with van der Waals surface area (Å²) in [6, 6.07) is 0. The normalized spacial score (nSPS) is 11.3. The van der Waals surface area contributed by atoms with Crippen LogP contribution >= 0.6 is 0 Å². The number of hydrogen-bond acceptors (Lipinski definition) is 3.